The molecule has 5 heteroatoms. The first-order valence-electron chi connectivity index (χ1n) is 5.50. The Kier molecular flexibility index (Phi) is 3.08. The summed E-state index contributed by atoms with van der Waals surface area (Å²) in [6.07, 6.45) is 2.32. The molecule has 2 rings (SSSR count). The standard InChI is InChI=1S/C12H13NO4/c1-8(14)11-5-4-10(6-12(11)13(15)16)17-7-9-2-3-9/h4-6,9H,2-3,7H2,1H3. The van der Waals surface area contributed by atoms with Crippen LogP contribution in [-0.2, 0) is 0 Å². The second kappa shape index (κ2) is 4.53. The third kappa shape index (κ3) is 2.81. The van der Waals surface area contributed by atoms with Gasteiger partial charge in [0, 0.05) is 0 Å². The van der Waals surface area contributed by atoms with E-state index in [2.05, 4.69) is 0 Å². The van der Waals surface area contributed by atoms with Crippen LogP contribution in [-0.4, -0.2) is 17.3 Å². The quantitative estimate of drug-likeness (QED) is 0.447. The molecule has 1 saturated carbocycles. The first-order valence-corrected chi connectivity index (χ1v) is 5.50. The number of carbonyl (C=O) groups is 1. The molecule has 0 saturated heterocycles. The monoisotopic (exact) mass is 235 g/mol. The topological polar surface area (TPSA) is 69.4 Å². The second-order valence-electron chi connectivity index (χ2n) is 4.25. The number of nitro benzene ring substituents is 1. The summed E-state index contributed by atoms with van der Waals surface area (Å²) in [4.78, 5) is 21.5. The molecular formula is C12H13NO4. The molecule has 17 heavy (non-hydrogen) atoms. The lowest BCUT2D eigenvalue weighted by Gasteiger charge is -2.06. The minimum absolute atomic E-state index is 0.119. The highest BCUT2D eigenvalue weighted by molar-refractivity contribution is 5.98. The fraction of sp³-hybridized carbons (Fsp3) is 0.417. The van der Waals surface area contributed by atoms with E-state index in [1.165, 1.54) is 19.1 Å². The van der Waals surface area contributed by atoms with Crippen LogP contribution < -0.4 is 4.74 Å². The number of nitrogens with zero attached hydrogens (tertiary/aromatic N) is 1. The Hall–Kier alpha value is -1.91. The maximum atomic E-state index is 11.2. The number of nitro groups is 1. The van der Waals surface area contributed by atoms with Crippen LogP contribution in [0.2, 0.25) is 0 Å². The van der Waals surface area contributed by atoms with Crippen molar-refractivity contribution in [2.24, 2.45) is 5.92 Å². The van der Waals surface area contributed by atoms with E-state index in [4.69, 9.17) is 4.74 Å². The molecule has 90 valence electrons. The van der Waals surface area contributed by atoms with E-state index in [1.54, 1.807) is 6.07 Å². The molecule has 0 atom stereocenters. The van der Waals surface area contributed by atoms with Crippen molar-refractivity contribution in [1.29, 1.82) is 0 Å². The van der Waals surface area contributed by atoms with Gasteiger partial charge in [0.25, 0.3) is 5.69 Å². The molecule has 0 unspecified atom stereocenters. The highest BCUT2D eigenvalue weighted by Gasteiger charge is 2.23. The second-order valence-corrected chi connectivity index (χ2v) is 4.25. The highest BCUT2D eigenvalue weighted by Crippen LogP contribution is 2.31. The Balaban J connectivity index is 2.20. The molecule has 0 heterocycles. The van der Waals surface area contributed by atoms with Gasteiger partial charge in [-0.05, 0) is 37.8 Å². The molecule has 0 N–H and O–H groups in total. The van der Waals surface area contributed by atoms with Gasteiger partial charge in [-0.1, -0.05) is 0 Å². The Labute approximate surface area is 98.5 Å². The predicted molar refractivity (Wildman–Crippen MR) is 61.3 cm³/mol. The minimum Gasteiger partial charge on any atom is -0.493 e. The lowest BCUT2D eigenvalue weighted by Crippen LogP contribution is -2.03. The summed E-state index contributed by atoms with van der Waals surface area (Å²) in [5.41, 5.74) is -0.0698. The number of rotatable bonds is 5. The summed E-state index contributed by atoms with van der Waals surface area (Å²) in [5.74, 6) is 0.723. The molecule has 0 amide bonds. The number of hydrogen-bond acceptors (Lipinski definition) is 4. The molecule has 1 aromatic rings. The Morgan fingerprint density at radius 2 is 2.24 bits per heavy atom. The van der Waals surface area contributed by atoms with Gasteiger partial charge in [-0.2, -0.15) is 0 Å². The van der Waals surface area contributed by atoms with Crippen LogP contribution in [0.4, 0.5) is 5.69 Å². The summed E-state index contributed by atoms with van der Waals surface area (Å²) in [7, 11) is 0. The van der Waals surface area contributed by atoms with Crippen molar-refractivity contribution < 1.29 is 14.5 Å². The third-order valence-electron chi connectivity index (χ3n) is 2.73. The molecule has 1 fully saturated rings. The molecule has 1 aromatic carbocycles. The van der Waals surface area contributed by atoms with Gasteiger partial charge in [-0.3, -0.25) is 14.9 Å². The SMILES string of the molecule is CC(=O)c1ccc(OCC2CC2)cc1[N+](=O)[O-]. The van der Waals surface area contributed by atoms with Gasteiger partial charge >= 0.3 is 0 Å². The van der Waals surface area contributed by atoms with E-state index in [-0.39, 0.29) is 17.0 Å². The van der Waals surface area contributed by atoms with E-state index >= 15 is 0 Å². The van der Waals surface area contributed by atoms with Crippen molar-refractivity contribution in [2.75, 3.05) is 6.61 Å². The zero-order valence-electron chi connectivity index (χ0n) is 9.51. The van der Waals surface area contributed by atoms with Gasteiger partial charge in [0.05, 0.1) is 23.2 Å². The molecule has 5 nitrogen and oxygen atoms in total. The number of ether oxygens (including phenoxy) is 1. The molecule has 0 radical (unpaired) electrons. The van der Waals surface area contributed by atoms with Gasteiger partial charge < -0.3 is 4.74 Å². The summed E-state index contributed by atoms with van der Waals surface area (Å²) >= 11 is 0. The fourth-order valence-electron chi connectivity index (χ4n) is 1.55. The van der Waals surface area contributed by atoms with E-state index < -0.39 is 4.92 Å². The summed E-state index contributed by atoms with van der Waals surface area (Å²) in [5, 5.41) is 10.8. The summed E-state index contributed by atoms with van der Waals surface area (Å²) in [6.45, 7) is 1.91. The van der Waals surface area contributed by atoms with E-state index in [0.717, 1.165) is 12.8 Å². The normalized spacial score (nSPS) is 14.4. The zero-order chi connectivity index (χ0) is 12.4. The van der Waals surface area contributed by atoms with Gasteiger partial charge in [-0.15, -0.1) is 0 Å². The van der Waals surface area contributed by atoms with Crippen LogP contribution in [0.25, 0.3) is 0 Å². The molecule has 1 aliphatic carbocycles. The smallest absolute Gasteiger partial charge is 0.283 e. The average molecular weight is 235 g/mol. The van der Waals surface area contributed by atoms with Crippen LogP contribution in [0.15, 0.2) is 18.2 Å². The van der Waals surface area contributed by atoms with E-state index in [0.29, 0.717) is 18.3 Å². The fourth-order valence-corrected chi connectivity index (χ4v) is 1.55. The molecule has 1 aliphatic rings. The van der Waals surface area contributed by atoms with Crippen molar-refractivity contribution in [2.45, 2.75) is 19.8 Å². The number of ketones is 1. The van der Waals surface area contributed by atoms with Gasteiger partial charge in [0.15, 0.2) is 5.78 Å². The van der Waals surface area contributed by atoms with Crippen LogP contribution in [0.1, 0.15) is 30.1 Å². The predicted octanol–water partition coefficient (Wildman–Crippen LogP) is 2.59. The highest BCUT2D eigenvalue weighted by atomic mass is 16.6. The first kappa shape index (κ1) is 11.6. The lowest BCUT2D eigenvalue weighted by molar-refractivity contribution is -0.385. The maximum Gasteiger partial charge on any atom is 0.283 e. The maximum absolute atomic E-state index is 11.2. The van der Waals surface area contributed by atoms with Crippen molar-refractivity contribution >= 4 is 11.5 Å². The Bertz CT molecular complexity index is 466. The number of benzene rings is 1. The number of Topliss-reactive ketones (excluding diaryl/α,β-unsaturated/α-hetero) is 1. The lowest BCUT2D eigenvalue weighted by atomic mass is 10.1. The number of carbonyl (C=O) groups excluding carboxylic acids is 1. The average Bonchev–Trinajstić information content (AvgIpc) is 3.09. The number of hydrogen-bond donors (Lipinski definition) is 0. The summed E-state index contributed by atoms with van der Waals surface area (Å²) < 4.78 is 5.44. The van der Waals surface area contributed by atoms with Crippen LogP contribution >= 0.6 is 0 Å². The van der Waals surface area contributed by atoms with Gasteiger partial charge in [0.1, 0.15) is 5.75 Å². The van der Waals surface area contributed by atoms with Crippen LogP contribution in [0, 0.1) is 16.0 Å². The van der Waals surface area contributed by atoms with Crippen LogP contribution in [0.5, 0.6) is 5.75 Å². The van der Waals surface area contributed by atoms with Crippen molar-refractivity contribution in [1.82, 2.24) is 0 Å². The van der Waals surface area contributed by atoms with Crippen LogP contribution in [0.3, 0.4) is 0 Å². The minimum atomic E-state index is -0.555. The van der Waals surface area contributed by atoms with Gasteiger partial charge in [0.2, 0.25) is 0 Å². The molecule has 0 bridgehead atoms. The largest absolute Gasteiger partial charge is 0.493 e. The first-order chi connectivity index (χ1) is 8.08. The van der Waals surface area contributed by atoms with Crippen molar-refractivity contribution in [3.05, 3.63) is 33.9 Å². The van der Waals surface area contributed by atoms with E-state index in [1.807, 2.05) is 0 Å². The molecule has 0 aromatic heterocycles. The summed E-state index contributed by atoms with van der Waals surface area (Å²) in [6, 6.07) is 4.37. The molecule has 0 spiro atoms. The zero-order valence-corrected chi connectivity index (χ0v) is 9.51. The molecular weight excluding hydrogens is 222 g/mol. The Morgan fingerprint density at radius 1 is 1.53 bits per heavy atom. The Morgan fingerprint density at radius 3 is 2.76 bits per heavy atom. The molecule has 0 aliphatic heterocycles. The third-order valence-corrected chi connectivity index (χ3v) is 2.73. The van der Waals surface area contributed by atoms with Crippen molar-refractivity contribution in [3.63, 3.8) is 0 Å². The van der Waals surface area contributed by atoms with E-state index in [9.17, 15) is 14.9 Å². The van der Waals surface area contributed by atoms with Crippen molar-refractivity contribution in [3.8, 4) is 5.75 Å². The van der Waals surface area contributed by atoms with Gasteiger partial charge in [-0.25, -0.2) is 0 Å².